The quantitative estimate of drug-likeness (QED) is 0.445. The van der Waals surface area contributed by atoms with Crippen molar-refractivity contribution in [2.24, 2.45) is 0 Å². The Labute approximate surface area is 171 Å². The molecular weight excluding hydrogens is 388 g/mol. The van der Waals surface area contributed by atoms with E-state index in [0.29, 0.717) is 10.9 Å². The molecule has 5 nitrogen and oxygen atoms in total. The lowest BCUT2D eigenvalue weighted by molar-refractivity contribution is -0.113. The second-order valence-electron chi connectivity index (χ2n) is 6.37. The third-order valence-corrected chi connectivity index (χ3v) is 6.10. The van der Waals surface area contributed by atoms with Crippen molar-refractivity contribution in [3.05, 3.63) is 59.5 Å². The molecular formula is C21H20N4OS2. The summed E-state index contributed by atoms with van der Waals surface area (Å²) in [5.41, 5.74) is 5.18. The number of hydrogen-bond donors (Lipinski definition) is 1. The van der Waals surface area contributed by atoms with E-state index in [9.17, 15) is 4.79 Å². The highest BCUT2D eigenvalue weighted by Gasteiger charge is 2.13. The van der Waals surface area contributed by atoms with Crippen LogP contribution >= 0.6 is 23.1 Å². The van der Waals surface area contributed by atoms with Gasteiger partial charge in [0.05, 0.1) is 22.5 Å². The van der Waals surface area contributed by atoms with Crippen LogP contribution in [0.4, 0.5) is 5.13 Å². The van der Waals surface area contributed by atoms with Gasteiger partial charge in [0.2, 0.25) is 5.91 Å². The number of carbonyl (C=O) groups is 1. The lowest BCUT2D eigenvalue weighted by atomic mass is 10.1. The Morgan fingerprint density at radius 3 is 2.71 bits per heavy atom. The van der Waals surface area contributed by atoms with E-state index in [1.807, 2.05) is 35.7 Å². The number of thioether (sulfide) groups is 1. The van der Waals surface area contributed by atoms with Gasteiger partial charge in [-0.25, -0.2) is 9.97 Å². The Hall–Kier alpha value is -2.64. The highest BCUT2D eigenvalue weighted by atomic mass is 32.2. The van der Waals surface area contributed by atoms with Crippen LogP contribution in [0.1, 0.15) is 12.5 Å². The largest absolute Gasteiger partial charge is 0.319 e. The van der Waals surface area contributed by atoms with Crippen LogP contribution in [0, 0.1) is 6.92 Å². The van der Waals surface area contributed by atoms with E-state index < -0.39 is 0 Å². The molecule has 0 radical (unpaired) electrons. The second kappa shape index (κ2) is 8.16. The summed E-state index contributed by atoms with van der Waals surface area (Å²) in [5.74, 6) is 0.215. The van der Waals surface area contributed by atoms with Gasteiger partial charge in [0.25, 0.3) is 0 Å². The van der Waals surface area contributed by atoms with Crippen molar-refractivity contribution in [1.82, 2.24) is 14.5 Å². The van der Waals surface area contributed by atoms with Gasteiger partial charge in [-0.15, -0.1) is 11.3 Å². The summed E-state index contributed by atoms with van der Waals surface area (Å²) in [4.78, 5) is 21.6. The number of thiazole rings is 1. The van der Waals surface area contributed by atoms with Gasteiger partial charge in [0, 0.05) is 17.5 Å². The van der Waals surface area contributed by atoms with Crippen LogP contribution in [-0.2, 0) is 11.3 Å². The van der Waals surface area contributed by atoms with Crippen LogP contribution in [0.5, 0.6) is 0 Å². The van der Waals surface area contributed by atoms with Crippen molar-refractivity contribution in [2.75, 3.05) is 11.1 Å². The third kappa shape index (κ3) is 3.95. The predicted molar refractivity (Wildman–Crippen MR) is 117 cm³/mol. The summed E-state index contributed by atoms with van der Waals surface area (Å²) in [6.07, 6.45) is 0. The first-order valence-electron chi connectivity index (χ1n) is 9.04. The lowest BCUT2D eigenvalue weighted by Crippen LogP contribution is -2.14. The van der Waals surface area contributed by atoms with Crippen molar-refractivity contribution >= 4 is 45.2 Å². The number of anilines is 1. The molecule has 0 unspecified atom stereocenters. The second-order valence-corrected chi connectivity index (χ2v) is 8.17. The zero-order chi connectivity index (χ0) is 19.5. The number of amides is 1. The molecule has 0 spiro atoms. The number of nitrogens with one attached hydrogen (secondary N) is 1. The number of imidazole rings is 1. The molecule has 4 aromatic rings. The maximum absolute atomic E-state index is 12.4. The first kappa shape index (κ1) is 18.7. The number of aromatic nitrogens is 3. The minimum atomic E-state index is -0.0792. The fourth-order valence-electron chi connectivity index (χ4n) is 2.94. The molecule has 2 aromatic heterocycles. The SMILES string of the molecule is CCn1c(SCC(=O)Nc2nc(-c3ccc(C)cc3)cs2)nc2ccccc21. The molecule has 2 heterocycles. The average Bonchev–Trinajstić information content (AvgIpc) is 3.31. The third-order valence-electron chi connectivity index (χ3n) is 4.37. The van der Waals surface area contributed by atoms with E-state index in [0.717, 1.165) is 34.0 Å². The van der Waals surface area contributed by atoms with Gasteiger partial charge in [0.15, 0.2) is 10.3 Å². The van der Waals surface area contributed by atoms with E-state index in [2.05, 4.69) is 51.9 Å². The molecule has 1 amide bonds. The molecule has 7 heteroatoms. The molecule has 0 aliphatic rings. The summed E-state index contributed by atoms with van der Waals surface area (Å²) in [6.45, 7) is 4.96. The number of para-hydroxylation sites is 2. The fraction of sp³-hybridized carbons (Fsp3) is 0.190. The Morgan fingerprint density at radius 2 is 1.93 bits per heavy atom. The van der Waals surface area contributed by atoms with Crippen molar-refractivity contribution < 1.29 is 4.79 Å². The van der Waals surface area contributed by atoms with Crippen LogP contribution in [0.3, 0.4) is 0 Å². The number of aryl methyl sites for hydroxylation is 2. The van der Waals surface area contributed by atoms with Crippen LogP contribution in [0.15, 0.2) is 59.1 Å². The average molecular weight is 409 g/mol. The normalized spacial score (nSPS) is 11.1. The lowest BCUT2D eigenvalue weighted by Gasteiger charge is -2.05. The zero-order valence-electron chi connectivity index (χ0n) is 15.7. The van der Waals surface area contributed by atoms with Crippen molar-refractivity contribution in [1.29, 1.82) is 0 Å². The molecule has 0 aliphatic carbocycles. The van der Waals surface area contributed by atoms with E-state index >= 15 is 0 Å². The molecule has 0 fully saturated rings. The number of fused-ring (bicyclic) bond motifs is 1. The summed E-state index contributed by atoms with van der Waals surface area (Å²) in [5, 5.41) is 6.33. The Morgan fingerprint density at radius 1 is 1.14 bits per heavy atom. The summed E-state index contributed by atoms with van der Waals surface area (Å²) >= 11 is 2.88. The standard InChI is InChI=1S/C21H20N4OS2/c1-3-25-18-7-5-4-6-16(18)23-21(25)28-13-19(26)24-20-22-17(12-27-20)15-10-8-14(2)9-11-15/h4-12H,3,13H2,1-2H3,(H,22,24,26). The predicted octanol–water partition coefficient (Wildman–Crippen LogP) is 5.22. The van der Waals surface area contributed by atoms with E-state index in [1.165, 1.54) is 28.7 Å². The van der Waals surface area contributed by atoms with Gasteiger partial charge in [-0.2, -0.15) is 0 Å². The Bertz CT molecular complexity index is 1120. The molecule has 4 rings (SSSR count). The maximum Gasteiger partial charge on any atom is 0.236 e. The molecule has 0 aliphatic heterocycles. The highest BCUT2D eigenvalue weighted by molar-refractivity contribution is 7.99. The number of benzene rings is 2. The summed E-state index contributed by atoms with van der Waals surface area (Å²) in [6, 6.07) is 16.2. The Kier molecular flexibility index (Phi) is 5.45. The van der Waals surface area contributed by atoms with E-state index in [1.54, 1.807) is 0 Å². The monoisotopic (exact) mass is 408 g/mol. The smallest absolute Gasteiger partial charge is 0.236 e. The number of hydrogen-bond acceptors (Lipinski definition) is 5. The minimum absolute atomic E-state index is 0.0792. The summed E-state index contributed by atoms with van der Waals surface area (Å²) < 4.78 is 2.13. The Balaban J connectivity index is 1.41. The van der Waals surface area contributed by atoms with Crippen molar-refractivity contribution in [2.45, 2.75) is 25.5 Å². The van der Waals surface area contributed by atoms with E-state index in [-0.39, 0.29) is 5.91 Å². The van der Waals surface area contributed by atoms with Gasteiger partial charge in [-0.05, 0) is 26.0 Å². The van der Waals surface area contributed by atoms with Gasteiger partial charge in [-0.3, -0.25) is 4.79 Å². The maximum atomic E-state index is 12.4. The van der Waals surface area contributed by atoms with Crippen molar-refractivity contribution in [3.63, 3.8) is 0 Å². The van der Waals surface area contributed by atoms with Crippen LogP contribution in [0.2, 0.25) is 0 Å². The highest BCUT2D eigenvalue weighted by Crippen LogP contribution is 2.26. The fourth-order valence-corrected chi connectivity index (χ4v) is 4.56. The van der Waals surface area contributed by atoms with Crippen LogP contribution in [0.25, 0.3) is 22.3 Å². The minimum Gasteiger partial charge on any atom is -0.319 e. The molecule has 0 bridgehead atoms. The van der Waals surface area contributed by atoms with Gasteiger partial charge < -0.3 is 9.88 Å². The molecule has 0 atom stereocenters. The zero-order valence-corrected chi connectivity index (χ0v) is 17.3. The molecule has 142 valence electrons. The van der Waals surface area contributed by atoms with Gasteiger partial charge in [-0.1, -0.05) is 53.7 Å². The van der Waals surface area contributed by atoms with Crippen LogP contribution in [-0.4, -0.2) is 26.2 Å². The van der Waals surface area contributed by atoms with Gasteiger partial charge in [0.1, 0.15) is 0 Å². The summed E-state index contributed by atoms with van der Waals surface area (Å²) in [7, 11) is 0. The van der Waals surface area contributed by atoms with E-state index in [4.69, 9.17) is 0 Å². The number of nitrogens with zero attached hydrogens (tertiary/aromatic N) is 3. The molecule has 0 saturated carbocycles. The first-order valence-corrected chi connectivity index (χ1v) is 10.9. The molecule has 0 saturated heterocycles. The van der Waals surface area contributed by atoms with Crippen LogP contribution < -0.4 is 5.32 Å². The van der Waals surface area contributed by atoms with Gasteiger partial charge >= 0.3 is 0 Å². The number of rotatable bonds is 6. The molecule has 2 aromatic carbocycles. The molecule has 1 N–H and O–H groups in total. The number of carbonyl (C=O) groups excluding carboxylic acids is 1. The first-order chi connectivity index (χ1) is 13.6. The van der Waals surface area contributed by atoms with Crippen molar-refractivity contribution in [3.8, 4) is 11.3 Å². The topological polar surface area (TPSA) is 59.8 Å². The molecule has 28 heavy (non-hydrogen) atoms.